The Morgan fingerprint density at radius 3 is 2.21 bits per heavy atom. The Kier molecular flexibility index (Phi) is 5.01. The van der Waals surface area contributed by atoms with Gasteiger partial charge in [-0.25, -0.2) is 9.97 Å². The van der Waals surface area contributed by atoms with Crippen LogP contribution in [0.1, 0.15) is 33.6 Å². The van der Waals surface area contributed by atoms with Gasteiger partial charge in [-0.15, -0.1) is 0 Å². The van der Waals surface area contributed by atoms with Gasteiger partial charge in [-0.2, -0.15) is 0 Å². The van der Waals surface area contributed by atoms with E-state index < -0.39 is 11.8 Å². The number of carbonyl (C=O) groups is 3. The molecule has 0 saturated carbocycles. The first-order valence-electron chi connectivity index (χ1n) is 9.37. The molecule has 3 heterocycles. The van der Waals surface area contributed by atoms with Crippen molar-refractivity contribution in [1.29, 1.82) is 0 Å². The summed E-state index contributed by atoms with van der Waals surface area (Å²) in [5, 5.41) is 2.87. The monoisotopic (exact) mass is 379 g/mol. The lowest BCUT2D eigenvalue weighted by atomic mass is 9.97. The quantitative estimate of drug-likeness (QED) is 0.782. The predicted octanol–water partition coefficient (Wildman–Crippen LogP) is 1.11. The van der Waals surface area contributed by atoms with Crippen LogP contribution in [0.25, 0.3) is 0 Å². The van der Waals surface area contributed by atoms with E-state index >= 15 is 0 Å². The average Bonchev–Trinajstić information content (AvgIpc) is 2.98. The number of piperidine rings is 1. The molecular formula is C20H21N5O3. The summed E-state index contributed by atoms with van der Waals surface area (Å²) in [6.07, 6.45) is 5.30. The molecule has 0 bridgehead atoms. The first-order chi connectivity index (χ1) is 13.6. The van der Waals surface area contributed by atoms with Gasteiger partial charge in [-0.05, 0) is 37.0 Å². The zero-order valence-corrected chi connectivity index (χ0v) is 15.4. The van der Waals surface area contributed by atoms with Gasteiger partial charge in [0.15, 0.2) is 0 Å². The van der Waals surface area contributed by atoms with Crippen molar-refractivity contribution in [2.45, 2.75) is 12.8 Å². The predicted molar refractivity (Wildman–Crippen MR) is 102 cm³/mol. The molecule has 2 aliphatic rings. The fourth-order valence-corrected chi connectivity index (χ4v) is 3.63. The van der Waals surface area contributed by atoms with E-state index in [1.165, 1.54) is 0 Å². The highest BCUT2D eigenvalue weighted by molar-refractivity contribution is 6.22. The number of aromatic nitrogens is 2. The van der Waals surface area contributed by atoms with Crippen LogP contribution in [-0.4, -0.2) is 58.8 Å². The zero-order valence-electron chi connectivity index (χ0n) is 15.4. The first-order valence-corrected chi connectivity index (χ1v) is 9.37. The Labute approximate surface area is 162 Å². The zero-order chi connectivity index (χ0) is 19.5. The third-order valence-corrected chi connectivity index (χ3v) is 5.22. The lowest BCUT2D eigenvalue weighted by Gasteiger charge is -2.32. The van der Waals surface area contributed by atoms with E-state index in [4.69, 9.17) is 0 Å². The molecule has 1 N–H and O–H groups in total. The fourth-order valence-electron chi connectivity index (χ4n) is 3.63. The number of rotatable bonds is 5. The number of benzene rings is 1. The van der Waals surface area contributed by atoms with Crippen molar-refractivity contribution in [1.82, 2.24) is 20.2 Å². The number of fused-ring (bicyclic) bond motifs is 1. The molecule has 0 unspecified atom stereocenters. The molecule has 0 radical (unpaired) electrons. The highest BCUT2D eigenvalue weighted by Crippen LogP contribution is 2.22. The minimum absolute atomic E-state index is 0.247. The molecule has 8 nitrogen and oxygen atoms in total. The number of nitrogens with one attached hydrogen (secondary N) is 1. The standard InChI is InChI=1S/C20H21N5O3/c26-17(13-25-18(27)15-4-1-2-5-16(15)19(25)28)23-12-14-6-10-24(11-7-14)20-21-8-3-9-22-20/h1-5,8-9,14H,6-7,10-13H2,(H,23,26). The molecule has 2 aliphatic heterocycles. The highest BCUT2D eigenvalue weighted by Gasteiger charge is 2.36. The lowest BCUT2D eigenvalue weighted by molar-refractivity contribution is -0.121. The molecule has 2 aromatic rings. The van der Waals surface area contributed by atoms with Gasteiger partial charge in [-0.3, -0.25) is 19.3 Å². The van der Waals surface area contributed by atoms with Gasteiger partial charge in [0.2, 0.25) is 11.9 Å². The number of hydrogen-bond acceptors (Lipinski definition) is 6. The number of imide groups is 1. The summed E-state index contributed by atoms with van der Waals surface area (Å²) in [5.74, 6) is -0.0520. The van der Waals surface area contributed by atoms with E-state index in [1.807, 2.05) is 0 Å². The molecule has 1 aromatic heterocycles. The van der Waals surface area contributed by atoms with E-state index in [9.17, 15) is 14.4 Å². The molecule has 144 valence electrons. The van der Waals surface area contributed by atoms with E-state index in [0.717, 1.165) is 36.8 Å². The van der Waals surface area contributed by atoms with Gasteiger partial charge >= 0.3 is 0 Å². The van der Waals surface area contributed by atoms with Crippen LogP contribution < -0.4 is 10.2 Å². The maximum absolute atomic E-state index is 12.3. The van der Waals surface area contributed by atoms with Crippen LogP contribution in [0.2, 0.25) is 0 Å². The molecule has 1 aromatic carbocycles. The number of hydrogen-bond donors (Lipinski definition) is 1. The van der Waals surface area contributed by atoms with Gasteiger partial charge in [0.25, 0.3) is 11.8 Å². The normalized spacial score (nSPS) is 17.0. The maximum atomic E-state index is 12.3. The van der Waals surface area contributed by atoms with E-state index in [-0.39, 0.29) is 12.5 Å². The minimum atomic E-state index is -0.410. The van der Waals surface area contributed by atoms with Gasteiger partial charge in [-0.1, -0.05) is 12.1 Å². The lowest BCUT2D eigenvalue weighted by Crippen LogP contribution is -2.43. The first kappa shape index (κ1) is 18.1. The fraction of sp³-hybridized carbons (Fsp3) is 0.350. The van der Waals surface area contributed by atoms with Gasteiger partial charge in [0.05, 0.1) is 11.1 Å². The molecule has 1 fully saturated rings. The smallest absolute Gasteiger partial charge is 0.262 e. The summed E-state index contributed by atoms with van der Waals surface area (Å²) in [6, 6.07) is 8.43. The van der Waals surface area contributed by atoms with E-state index in [0.29, 0.717) is 23.6 Å². The molecule has 1 saturated heterocycles. The van der Waals surface area contributed by atoms with Crippen LogP contribution in [0.15, 0.2) is 42.7 Å². The van der Waals surface area contributed by atoms with Gasteiger partial charge in [0, 0.05) is 32.0 Å². The summed E-state index contributed by atoms with van der Waals surface area (Å²) in [5.41, 5.74) is 0.714. The van der Waals surface area contributed by atoms with Gasteiger partial charge < -0.3 is 10.2 Å². The Morgan fingerprint density at radius 2 is 1.61 bits per heavy atom. The van der Waals surface area contributed by atoms with E-state index in [2.05, 4.69) is 20.2 Å². The maximum Gasteiger partial charge on any atom is 0.262 e. The molecule has 4 rings (SSSR count). The average molecular weight is 379 g/mol. The number of nitrogens with zero attached hydrogens (tertiary/aromatic N) is 4. The summed E-state index contributed by atoms with van der Waals surface area (Å²) in [4.78, 5) is 48.6. The van der Waals surface area contributed by atoms with Crippen LogP contribution in [0.5, 0.6) is 0 Å². The largest absolute Gasteiger partial charge is 0.354 e. The van der Waals surface area contributed by atoms with Crippen LogP contribution in [0.4, 0.5) is 5.95 Å². The Morgan fingerprint density at radius 1 is 1.00 bits per heavy atom. The molecular weight excluding hydrogens is 358 g/mol. The second-order valence-electron chi connectivity index (χ2n) is 7.03. The topological polar surface area (TPSA) is 95.5 Å². The van der Waals surface area contributed by atoms with Crippen LogP contribution in [0, 0.1) is 5.92 Å². The number of amides is 3. The number of anilines is 1. The number of carbonyl (C=O) groups excluding carboxylic acids is 3. The molecule has 3 amide bonds. The Hall–Kier alpha value is -3.29. The molecule has 0 spiro atoms. The summed E-state index contributed by atoms with van der Waals surface area (Å²) < 4.78 is 0. The van der Waals surface area contributed by atoms with Crippen molar-refractivity contribution in [3.05, 3.63) is 53.9 Å². The summed E-state index contributed by atoms with van der Waals surface area (Å²) >= 11 is 0. The Bertz CT molecular complexity index is 859. The van der Waals surface area contributed by atoms with Crippen molar-refractivity contribution in [3.8, 4) is 0 Å². The van der Waals surface area contributed by atoms with Crippen LogP contribution in [0.3, 0.4) is 0 Å². The molecule has 28 heavy (non-hydrogen) atoms. The van der Waals surface area contributed by atoms with Crippen molar-refractivity contribution < 1.29 is 14.4 Å². The third kappa shape index (κ3) is 3.58. The van der Waals surface area contributed by atoms with Gasteiger partial charge in [0.1, 0.15) is 6.54 Å². The molecule has 8 heteroatoms. The molecule has 0 atom stereocenters. The van der Waals surface area contributed by atoms with Crippen molar-refractivity contribution in [3.63, 3.8) is 0 Å². The van der Waals surface area contributed by atoms with E-state index in [1.54, 1.807) is 42.7 Å². The van der Waals surface area contributed by atoms with Crippen molar-refractivity contribution >= 4 is 23.7 Å². The van der Waals surface area contributed by atoms with Crippen LogP contribution in [-0.2, 0) is 4.79 Å². The van der Waals surface area contributed by atoms with Crippen LogP contribution >= 0.6 is 0 Å². The van der Waals surface area contributed by atoms with Crippen molar-refractivity contribution in [2.75, 3.05) is 31.1 Å². The minimum Gasteiger partial charge on any atom is -0.354 e. The second-order valence-corrected chi connectivity index (χ2v) is 7.03. The third-order valence-electron chi connectivity index (χ3n) is 5.22. The molecule has 0 aliphatic carbocycles. The Balaban J connectivity index is 1.25. The van der Waals surface area contributed by atoms with Crippen molar-refractivity contribution in [2.24, 2.45) is 5.92 Å². The summed E-state index contributed by atoms with van der Waals surface area (Å²) in [7, 11) is 0. The SMILES string of the molecule is O=C(CN1C(=O)c2ccccc2C1=O)NCC1CCN(c2ncccn2)CC1. The summed E-state index contributed by atoms with van der Waals surface area (Å²) in [6.45, 7) is 1.96. The second kappa shape index (κ2) is 7.75. The highest BCUT2D eigenvalue weighted by atomic mass is 16.2.